The SMILES string of the molecule is CCC[C@H]1CC[C@H](c2ccc(OCC(C)C[SiH](OC(C)C)OC(C)C)cc2)CC1. The number of rotatable bonds is 12. The molecule has 1 aliphatic rings. The second-order valence-corrected chi connectivity index (χ2v) is 11.4. The average molecular weight is 421 g/mol. The van der Waals surface area contributed by atoms with Crippen molar-refractivity contribution in [3.63, 3.8) is 0 Å². The summed E-state index contributed by atoms with van der Waals surface area (Å²) in [6.07, 6.45) is 8.68. The van der Waals surface area contributed by atoms with Gasteiger partial charge in [0.2, 0.25) is 0 Å². The molecule has 1 unspecified atom stereocenters. The second kappa shape index (κ2) is 12.8. The van der Waals surface area contributed by atoms with Crippen molar-refractivity contribution >= 4 is 9.28 Å². The van der Waals surface area contributed by atoms with E-state index in [1.807, 2.05) is 0 Å². The summed E-state index contributed by atoms with van der Waals surface area (Å²) in [5.74, 6) is 3.11. The minimum absolute atomic E-state index is 0.225. The summed E-state index contributed by atoms with van der Waals surface area (Å²) < 4.78 is 18.2. The Morgan fingerprint density at radius 1 is 0.897 bits per heavy atom. The van der Waals surface area contributed by atoms with Crippen LogP contribution in [0.15, 0.2) is 24.3 Å². The van der Waals surface area contributed by atoms with Crippen LogP contribution in [0.3, 0.4) is 0 Å². The fourth-order valence-corrected chi connectivity index (χ4v) is 6.71. The van der Waals surface area contributed by atoms with Crippen LogP contribution in [0.5, 0.6) is 5.75 Å². The molecule has 0 aliphatic heterocycles. The minimum atomic E-state index is -1.65. The number of ether oxygens (including phenoxy) is 1. The molecule has 0 heterocycles. The van der Waals surface area contributed by atoms with Crippen molar-refractivity contribution < 1.29 is 13.6 Å². The van der Waals surface area contributed by atoms with Gasteiger partial charge < -0.3 is 13.6 Å². The molecule has 1 saturated carbocycles. The molecule has 166 valence electrons. The van der Waals surface area contributed by atoms with E-state index in [1.54, 1.807) is 0 Å². The summed E-state index contributed by atoms with van der Waals surface area (Å²) in [5, 5.41) is 0. The van der Waals surface area contributed by atoms with Crippen LogP contribution in [0.25, 0.3) is 0 Å². The van der Waals surface area contributed by atoms with Crippen LogP contribution in [0.2, 0.25) is 6.04 Å². The Kier molecular flexibility index (Phi) is 10.7. The van der Waals surface area contributed by atoms with Gasteiger partial charge >= 0.3 is 9.28 Å². The third-order valence-corrected chi connectivity index (χ3v) is 8.76. The van der Waals surface area contributed by atoms with Crippen molar-refractivity contribution in [2.24, 2.45) is 11.8 Å². The molecule has 29 heavy (non-hydrogen) atoms. The molecule has 1 atom stereocenters. The van der Waals surface area contributed by atoms with E-state index in [9.17, 15) is 0 Å². The van der Waals surface area contributed by atoms with Crippen LogP contribution in [-0.2, 0) is 8.85 Å². The lowest BCUT2D eigenvalue weighted by Gasteiger charge is -2.28. The molecule has 1 aliphatic carbocycles. The van der Waals surface area contributed by atoms with E-state index in [-0.39, 0.29) is 12.2 Å². The Morgan fingerprint density at radius 3 is 2.00 bits per heavy atom. The molecule has 0 bridgehead atoms. The van der Waals surface area contributed by atoms with Gasteiger partial charge in [0.1, 0.15) is 5.75 Å². The molecule has 0 radical (unpaired) electrons. The predicted molar refractivity (Wildman–Crippen MR) is 125 cm³/mol. The van der Waals surface area contributed by atoms with Gasteiger partial charge in [-0.3, -0.25) is 0 Å². The molecule has 3 nitrogen and oxygen atoms in total. The van der Waals surface area contributed by atoms with E-state index in [4.69, 9.17) is 13.6 Å². The lowest BCUT2D eigenvalue weighted by molar-refractivity contribution is 0.124. The summed E-state index contributed by atoms with van der Waals surface area (Å²) in [6, 6.07) is 9.86. The highest BCUT2D eigenvalue weighted by Gasteiger charge is 2.22. The van der Waals surface area contributed by atoms with Gasteiger partial charge in [-0.25, -0.2) is 0 Å². The fourth-order valence-electron chi connectivity index (χ4n) is 4.41. The van der Waals surface area contributed by atoms with E-state index < -0.39 is 9.28 Å². The van der Waals surface area contributed by atoms with Crippen molar-refractivity contribution in [1.29, 1.82) is 0 Å². The Balaban J connectivity index is 1.77. The maximum atomic E-state index is 6.08. The Morgan fingerprint density at radius 2 is 1.48 bits per heavy atom. The van der Waals surface area contributed by atoms with Gasteiger partial charge in [0.05, 0.1) is 6.61 Å². The number of benzene rings is 1. The first-order valence-electron chi connectivity index (χ1n) is 11.9. The molecule has 4 heteroatoms. The maximum Gasteiger partial charge on any atom is 0.322 e. The third-order valence-electron chi connectivity index (χ3n) is 5.87. The minimum Gasteiger partial charge on any atom is -0.493 e. The van der Waals surface area contributed by atoms with E-state index >= 15 is 0 Å². The van der Waals surface area contributed by atoms with Gasteiger partial charge in [0, 0.05) is 12.2 Å². The van der Waals surface area contributed by atoms with E-state index in [0.717, 1.165) is 23.6 Å². The smallest absolute Gasteiger partial charge is 0.322 e. The zero-order valence-electron chi connectivity index (χ0n) is 19.7. The second-order valence-electron chi connectivity index (χ2n) is 9.53. The highest BCUT2D eigenvalue weighted by atomic mass is 28.3. The largest absolute Gasteiger partial charge is 0.493 e. The molecule has 0 amide bonds. The zero-order valence-corrected chi connectivity index (χ0v) is 20.8. The zero-order chi connectivity index (χ0) is 21.2. The molecule has 1 fully saturated rings. The van der Waals surface area contributed by atoms with Crippen LogP contribution in [0.4, 0.5) is 0 Å². The molecular formula is C25H44O3Si. The maximum absolute atomic E-state index is 6.08. The third kappa shape index (κ3) is 9.23. The summed E-state index contributed by atoms with van der Waals surface area (Å²) in [5.41, 5.74) is 1.49. The molecule has 2 rings (SSSR count). The Bertz CT molecular complexity index is 540. The van der Waals surface area contributed by atoms with Gasteiger partial charge in [-0.1, -0.05) is 38.8 Å². The molecule has 0 aromatic heterocycles. The Hall–Kier alpha value is -0.843. The predicted octanol–water partition coefficient (Wildman–Crippen LogP) is 6.85. The molecular weight excluding hydrogens is 376 g/mol. The van der Waals surface area contributed by atoms with E-state index in [1.165, 1.54) is 44.1 Å². The van der Waals surface area contributed by atoms with Gasteiger partial charge in [-0.2, -0.15) is 0 Å². The molecule has 0 N–H and O–H groups in total. The van der Waals surface area contributed by atoms with Crippen molar-refractivity contribution in [3.8, 4) is 5.75 Å². The Labute approximate surface area is 181 Å². The fraction of sp³-hybridized carbons (Fsp3) is 0.760. The molecule has 0 saturated heterocycles. The van der Waals surface area contributed by atoms with Crippen molar-refractivity contribution in [2.45, 2.75) is 104 Å². The van der Waals surface area contributed by atoms with Gasteiger partial charge in [-0.15, -0.1) is 0 Å². The van der Waals surface area contributed by atoms with Crippen molar-refractivity contribution in [1.82, 2.24) is 0 Å². The van der Waals surface area contributed by atoms with Crippen LogP contribution < -0.4 is 4.74 Å². The van der Waals surface area contributed by atoms with Crippen LogP contribution in [0, 0.1) is 11.8 Å². The highest BCUT2D eigenvalue weighted by molar-refractivity contribution is 6.44. The highest BCUT2D eigenvalue weighted by Crippen LogP contribution is 2.37. The first-order valence-corrected chi connectivity index (χ1v) is 13.7. The lowest BCUT2D eigenvalue weighted by atomic mass is 9.77. The normalized spacial score (nSPS) is 21.1. The standard InChI is InChI=1S/C25H44O3Si/c1-7-8-22-9-11-23(12-10-22)24-13-15-25(16-14-24)26-17-21(6)18-29(27-19(2)3)28-20(4)5/h13-16,19-23,29H,7-12,17-18H2,1-6H3/t21?,22-,23-. The molecule has 1 aromatic carbocycles. The van der Waals surface area contributed by atoms with E-state index in [2.05, 4.69) is 65.8 Å². The van der Waals surface area contributed by atoms with Gasteiger partial charge in [-0.05, 0) is 94.9 Å². The summed E-state index contributed by atoms with van der Waals surface area (Å²) in [6.45, 7) is 13.6. The van der Waals surface area contributed by atoms with Crippen molar-refractivity contribution in [3.05, 3.63) is 29.8 Å². The number of hydrogen-bond donors (Lipinski definition) is 0. The lowest BCUT2D eigenvalue weighted by Crippen LogP contribution is -2.32. The molecule has 1 aromatic rings. The van der Waals surface area contributed by atoms with Gasteiger partial charge in [0.15, 0.2) is 0 Å². The van der Waals surface area contributed by atoms with Gasteiger partial charge in [0.25, 0.3) is 0 Å². The number of hydrogen-bond acceptors (Lipinski definition) is 3. The van der Waals surface area contributed by atoms with Crippen LogP contribution in [-0.4, -0.2) is 28.1 Å². The quantitative estimate of drug-likeness (QED) is 0.346. The van der Waals surface area contributed by atoms with Crippen molar-refractivity contribution in [2.75, 3.05) is 6.61 Å². The monoisotopic (exact) mass is 420 g/mol. The topological polar surface area (TPSA) is 27.7 Å². The van der Waals surface area contributed by atoms with E-state index in [0.29, 0.717) is 12.5 Å². The summed E-state index contributed by atoms with van der Waals surface area (Å²) in [4.78, 5) is 0. The summed E-state index contributed by atoms with van der Waals surface area (Å²) >= 11 is 0. The average Bonchev–Trinajstić information content (AvgIpc) is 2.67. The first kappa shape index (κ1) is 24.4. The molecule has 0 spiro atoms. The summed E-state index contributed by atoms with van der Waals surface area (Å²) in [7, 11) is -1.65. The first-order chi connectivity index (χ1) is 13.9. The van der Waals surface area contributed by atoms with Crippen LogP contribution >= 0.6 is 0 Å². The van der Waals surface area contributed by atoms with Crippen LogP contribution in [0.1, 0.15) is 91.5 Å².